The number of benzene rings is 1. The largest absolute Gasteiger partial charge is 0.490 e. The van der Waals surface area contributed by atoms with Crippen LogP contribution in [0.25, 0.3) is 0 Å². The second-order valence-electron chi connectivity index (χ2n) is 12.5. The molecule has 1 aliphatic rings. The van der Waals surface area contributed by atoms with Crippen molar-refractivity contribution in [1.29, 1.82) is 0 Å². The quantitative estimate of drug-likeness (QED) is 0.315. The molecule has 4 rings (SSSR count). The van der Waals surface area contributed by atoms with Crippen LogP contribution in [0.4, 0.5) is 16.2 Å². The van der Waals surface area contributed by atoms with Gasteiger partial charge in [-0.1, -0.05) is 12.1 Å². The molecule has 0 spiro atoms. The molecular weight excluding hydrogens is 642 g/mol. The van der Waals surface area contributed by atoms with Crippen molar-refractivity contribution >= 4 is 33.3 Å². The number of aromatic nitrogens is 3. The molecule has 3 amide bonds. The molecule has 16 heteroatoms. The van der Waals surface area contributed by atoms with E-state index in [0.717, 1.165) is 12.8 Å². The predicted molar refractivity (Wildman–Crippen MR) is 179 cm³/mol. The smallest absolute Gasteiger partial charge is 0.323 e. The third kappa shape index (κ3) is 8.92. The van der Waals surface area contributed by atoms with Crippen molar-refractivity contribution in [3.63, 3.8) is 0 Å². The molecule has 0 bridgehead atoms. The number of aryl methyl sites for hydroxylation is 3. The highest BCUT2D eigenvalue weighted by molar-refractivity contribution is 7.89. The van der Waals surface area contributed by atoms with Crippen molar-refractivity contribution in [3.05, 3.63) is 47.7 Å². The van der Waals surface area contributed by atoms with Gasteiger partial charge in [0, 0.05) is 51.6 Å². The van der Waals surface area contributed by atoms with E-state index in [1.165, 1.54) is 28.8 Å². The number of nitrogens with one attached hydrogen (secondary N) is 2. The van der Waals surface area contributed by atoms with Crippen LogP contribution in [0.15, 0.2) is 40.3 Å². The summed E-state index contributed by atoms with van der Waals surface area (Å²) in [7, 11) is -0.717. The predicted octanol–water partition coefficient (Wildman–Crippen LogP) is 3.79. The third-order valence-corrected chi connectivity index (χ3v) is 10.1. The number of likely N-dealkylation sites (N-methyl/N-ethyl adjacent to an activating group) is 1. The third-order valence-electron chi connectivity index (χ3n) is 8.37. The lowest BCUT2D eigenvalue weighted by molar-refractivity contribution is -0.00835. The molecule has 0 saturated carbocycles. The molecule has 1 aromatic carbocycles. The Morgan fingerprint density at radius 1 is 1.21 bits per heavy atom. The summed E-state index contributed by atoms with van der Waals surface area (Å²) in [4.78, 5) is 32.8. The fourth-order valence-corrected chi connectivity index (χ4v) is 6.58. The maximum Gasteiger partial charge on any atom is 0.323 e. The number of rotatable bonds is 8. The number of hydrogen-bond donors (Lipinski definition) is 3. The molecule has 1 aliphatic heterocycles. The summed E-state index contributed by atoms with van der Waals surface area (Å²) in [6.07, 6.45) is 4.23. The molecule has 0 saturated heterocycles. The van der Waals surface area contributed by atoms with Gasteiger partial charge in [-0.3, -0.25) is 4.79 Å². The van der Waals surface area contributed by atoms with Crippen molar-refractivity contribution in [1.82, 2.24) is 23.9 Å². The Morgan fingerprint density at radius 3 is 2.60 bits per heavy atom. The second kappa shape index (κ2) is 15.9. The van der Waals surface area contributed by atoms with Gasteiger partial charge in [0.15, 0.2) is 10.8 Å². The van der Waals surface area contributed by atoms with Crippen LogP contribution in [-0.4, -0.2) is 101 Å². The van der Waals surface area contributed by atoms with Gasteiger partial charge in [0.05, 0.1) is 36.7 Å². The summed E-state index contributed by atoms with van der Waals surface area (Å²) in [6.45, 7) is 9.17. The van der Waals surface area contributed by atoms with Gasteiger partial charge in [-0.2, -0.15) is 4.31 Å². The monoisotopic (exact) mass is 689 g/mol. The van der Waals surface area contributed by atoms with E-state index >= 15 is 0 Å². The van der Waals surface area contributed by atoms with Crippen LogP contribution in [0.3, 0.4) is 0 Å². The summed E-state index contributed by atoms with van der Waals surface area (Å²) in [5.74, 6) is 0.0244. The summed E-state index contributed by atoms with van der Waals surface area (Å²) in [5, 5.41) is 19.5. The number of ether oxygens (including phenoxy) is 2. The lowest BCUT2D eigenvalue weighted by atomic mass is 10.0. The number of sulfonamides is 1. The SMILES string of the molecule is Cc1noc(C)c1NC(=O)Nc1ccc2c(c1)C(=O)N([C@@H](C)CO)C[C@H](C)[C@@H](CN(C)S(=O)(=O)c1cn(C)cn1)OCCCC[C@H](C)O2. The number of urea groups is 1. The van der Waals surface area contributed by atoms with Crippen molar-refractivity contribution < 1.29 is 37.1 Å². The van der Waals surface area contributed by atoms with Crippen LogP contribution in [0, 0.1) is 19.8 Å². The number of hydrogen-bond acceptors (Lipinski definition) is 10. The van der Waals surface area contributed by atoms with Gasteiger partial charge in [0.2, 0.25) is 0 Å². The van der Waals surface area contributed by atoms with Gasteiger partial charge in [0.25, 0.3) is 15.9 Å². The number of carbonyl (C=O) groups is 2. The molecule has 48 heavy (non-hydrogen) atoms. The van der Waals surface area contributed by atoms with E-state index in [0.29, 0.717) is 41.6 Å². The Balaban J connectivity index is 1.63. The highest BCUT2D eigenvalue weighted by Gasteiger charge is 2.33. The summed E-state index contributed by atoms with van der Waals surface area (Å²) >= 11 is 0. The zero-order valence-corrected chi connectivity index (χ0v) is 29.4. The Hall–Kier alpha value is -3.99. The number of imidazole rings is 1. The molecule has 3 heterocycles. The molecule has 3 N–H and O–H groups in total. The van der Waals surface area contributed by atoms with Crippen LogP contribution in [0.2, 0.25) is 0 Å². The Kier molecular flexibility index (Phi) is 12.2. The summed E-state index contributed by atoms with van der Waals surface area (Å²) in [6, 6.07) is 3.69. The van der Waals surface area contributed by atoms with E-state index in [1.807, 2.05) is 13.8 Å². The van der Waals surface area contributed by atoms with Gasteiger partial charge in [-0.05, 0) is 65.2 Å². The minimum Gasteiger partial charge on any atom is -0.490 e. The van der Waals surface area contributed by atoms with E-state index < -0.39 is 34.1 Å². The summed E-state index contributed by atoms with van der Waals surface area (Å²) in [5.41, 5.74) is 1.52. The first-order valence-electron chi connectivity index (χ1n) is 16.0. The van der Waals surface area contributed by atoms with E-state index in [4.69, 9.17) is 14.0 Å². The first-order valence-corrected chi connectivity index (χ1v) is 17.4. The molecule has 4 atom stereocenters. The van der Waals surface area contributed by atoms with Gasteiger partial charge >= 0.3 is 6.03 Å². The zero-order chi connectivity index (χ0) is 35.2. The Bertz CT molecular complexity index is 1650. The highest BCUT2D eigenvalue weighted by atomic mass is 32.2. The average molecular weight is 690 g/mol. The number of nitrogens with zero attached hydrogens (tertiary/aromatic N) is 5. The fourth-order valence-electron chi connectivity index (χ4n) is 5.43. The molecule has 264 valence electrons. The Labute approximate surface area is 281 Å². The van der Waals surface area contributed by atoms with Crippen molar-refractivity contribution in [2.75, 3.05) is 44.0 Å². The second-order valence-corrected chi connectivity index (χ2v) is 14.4. The number of anilines is 2. The van der Waals surface area contributed by atoms with Crippen molar-refractivity contribution in [2.45, 2.75) is 77.2 Å². The van der Waals surface area contributed by atoms with Crippen molar-refractivity contribution in [3.8, 4) is 5.75 Å². The maximum atomic E-state index is 14.3. The normalized spacial score (nSPS) is 20.5. The molecule has 0 unspecified atom stereocenters. The summed E-state index contributed by atoms with van der Waals surface area (Å²) < 4.78 is 47.1. The van der Waals surface area contributed by atoms with Crippen molar-refractivity contribution in [2.24, 2.45) is 13.0 Å². The van der Waals surface area contributed by atoms with Gasteiger partial charge in [-0.25, -0.2) is 18.2 Å². The minimum atomic E-state index is -3.89. The van der Waals surface area contributed by atoms with E-state index in [2.05, 4.69) is 20.8 Å². The topological polar surface area (TPSA) is 181 Å². The van der Waals surface area contributed by atoms with Gasteiger partial charge in [0.1, 0.15) is 17.1 Å². The molecule has 0 fully saturated rings. The van der Waals surface area contributed by atoms with Gasteiger partial charge in [-0.15, -0.1) is 0 Å². The number of aliphatic hydroxyl groups excluding tert-OH is 1. The number of carbonyl (C=O) groups excluding carboxylic acids is 2. The lowest BCUT2D eigenvalue weighted by Crippen LogP contribution is -2.48. The number of aliphatic hydroxyl groups is 1. The molecule has 15 nitrogen and oxygen atoms in total. The number of amides is 3. The van der Waals surface area contributed by atoms with Crippen LogP contribution in [0.5, 0.6) is 5.75 Å². The van der Waals surface area contributed by atoms with Crippen LogP contribution >= 0.6 is 0 Å². The molecule has 3 aromatic rings. The molecule has 0 radical (unpaired) electrons. The van der Waals surface area contributed by atoms with Crippen LogP contribution in [0.1, 0.15) is 61.8 Å². The van der Waals surface area contributed by atoms with E-state index in [1.54, 1.807) is 50.6 Å². The molecule has 2 aromatic heterocycles. The first kappa shape index (κ1) is 36.8. The Morgan fingerprint density at radius 2 is 1.96 bits per heavy atom. The zero-order valence-electron chi connectivity index (χ0n) is 28.6. The first-order chi connectivity index (χ1) is 22.7. The number of fused-ring (bicyclic) bond motifs is 1. The molecular formula is C32H47N7O8S. The van der Waals surface area contributed by atoms with Crippen LogP contribution < -0.4 is 15.4 Å². The van der Waals surface area contributed by atoms with Crippen LogP contribution in [-0.2, 0) is 21.8 Å². The van der Waals surface area contributed by atoms with E-state index in [-0.39, 0.29) is 42.3 Å². The molecule has 0 aliphatic carbocycles. The van der Waals surface area contributed by atoms with E-state index in [9.17, 15) is 23.1 Å². The minimum absolute atomic E-state index is 0.0278. The lowest BCUT2D eigenvalue weighted by Gasteiger charge is -2.35. The standard InChI is InChI=1S/C32H47N7O8S/c1-20-15-39(21(2)18-40)31(41)26-14-25(34-32(42)35-30-23(4)36-47-24(30)5)11-12-27(26)46-22(3)10-8-9-13-45-28(20)16-38(7)48(43,44)29-17-37(6)19-33-29/h11-12,14,17,19-22,28,40H,8-10,13,15-16,18H2,1-7H3,(H2,34,35,42)/t20-,21-,22-,28+/m0/s1. The fraction of sp³-hybridized carbons (Fsp3) is 0.562. The maximum absolute atomic E-state index is 14.3. The highest BCUT2D eigenvalue weighted by Crippen LogP contribution is 2.29. The van der Waals surface area contributed by atoms with Gasteiger partial charge < -0.3 is 39.2 Å². The average Bonchev–Trinajstić information content (AvgIpc) is 3.63.